The molecule has 2 bridgehead atoms. The van der Waals surface area contributed by atoms with Gasteiger partial charge in [-0.05, 0) is 81.8 Å². The fourth-order valence-corrected chi connectivity index (χ4v) is 7.37. The molecule has 0 N–H and O–H groups in total. The number of benzene rings is 1. The van der Waals surface area contributed by atoms with Crippen molar-refractivity contribution in [3.05, 3.63) is 29.6 Å². The van der Waals surface area contributed by atoms with Gasteiger partial charge in [-0.3, -0.25) is 4.90 Å². The van der Waals surface area contributed by atoms with Gasteiger partial charge in [0.25, 0.3) is 0 Å². The van der Waals surface area contributed by atoms with E-state index in [4.69, 9.17) is 14.2 Å². The van der Waals surface area contributed by atoms with Crippen molar-refractivity contribution in [1.82, 2.24) is 9.80 Å². The highest BCUT2D eigenvalue weighted by molar-refractivity contribution is 5.91. The molecule has 4 fully saturated rings. The number of hydrogen-bond acceptors (Lipinski definition) is 6. The summed E-state index contributed by atoms with van der Waals surface area (Å²) in [6.07, 6.45) is 6.64. The Kier molecular flexibility index (Phi) is 6.77. The number of hydrogen-bond donors (Lipinski definition) is 0. The molecule has 5 aliphatic rings. The maximum absolute atomic E-state index is 14.4. The van der Waals surface area contributed by atoms with Crippen LogP contribution in [0.15, 0.2) is 18.2 Å². The zero-order chi connectivity index (χ0) is 25.6. The van der Waals surface area contributed by atoms with Crippen molar-refractivity contribution >= 4 is 17.9 Å². The molecule has 5 heterocycles. The lowest BCUT2D eigenvalue weighted by molar-refractivity contribution is 0.0265. The van der Waals surface area contributed by atoms with Gasteiger partial charge in [-0.25, -0.2) is 14.0 Å². The van der Waals surface area contributed by atoms with E-state index in [1.165, 1.54) is 6.07 Å². The molecule has 2 amide bonds. The van der Waals surface area contributed by atoms with Gasteiger partial charge in [0.2, 0.25) is 0 Å². The first kappa shape index (κ1) is 24.9. The second-order valence-electron chi connectivity index (χ2n) is 11.5. The predicted molar refractivity (Wildman–Crippen MR) is 137 cm³/mol. The van der Waals surface area contributed by atoms with E-state index < -0.39 is 0 Å². The van der Waals surface area contributed by atoms with Crippen molar-refractivity contribution in [1.29, 1.82) is 0 Å². The Bertz CT molecular complexity index is 1020. The van der Waals surface area contributed by atoms with E-state index in [-0.39, 0.29) is 43.0 Å². The summed E-state index contributed by atoms with van der Waals surface area (Å²) >= 11 is 0. The molecule has 4 saturated heterocycles. The van der Waals surface area contributed by atoms with Gasteiger partial charge in [-0.15, -0.1) is 0 Å². The van der Waals surface area contributed by atoms with Gasteiger partial charge < -0.3 is 24.0 Å². The minimum absolute atomic E-state index is 0. The minimum atomic E-state index is -0.360. The molecule has 0 aromatic heterocycles. The molecule has 37 heavy (non-hydrogen) atoms. The van der Waals surface area contributed by atoms with Gasteiger partial charge in [0.15, 0.2) is 0 Å². The molecule has 3 atom stereocenters. The van der Waals surface area contributed by atoms with Gasteiger partial charge >= 0.3 is 12.2 Å². The van der Waals surface area contributed by atoms with E-state index in [9.17, 15) is 14.0 Å². The van der Waals surface area contributed by atoms with Crippen LogP contribution in [-0.4, -0.2) is 85.7 Å². The van der Waals surface area contributed by atoms with Gasteiger partial charge in [-0.2, -0.15) is 0 Å². The number of piperidine rings is 2. The predicted octanol–water partition coefficient (Wildman–Crippen LogP) is 4.69. The number of fused-ring (bicyclic) bond motifs is 4. The molecule has 6 rings (SSSR count). The topological polar surface area (TPSA) is 71.6 Å². The highest BCUT2D eigenvalue weighted by atomic mass is 19.1. The standard InChI is InChI=1S/C28H38FN3O5.H2/c1-2-12-36-27(34)32-20-4-5-21(32)16-22(15-20)30-10-8-28(9-11-30)18-31(25-6-3-19(29)14-24(25)28)26(33)37-23-7-13-35-17-23;/h3,6,14,20-23H,2,4-5,7-13,15-18H2,1H3;1H/t20?,21?,22?,23-;/m1./s1. The average Bonchev–Trinajstić information content (AvgIpc) is 3.59. The number of ether oxygens (including phenoxy) is 3. The van der Waals surface area contributed by atoms with Crippen LogP contribution in [0, 0.1) is 5.82 Å². The Morgan fingerprint density at radius 3 is 2.54 bits per heavy atom. The molecule has 9 heteroatoms. The largest absolute Gasteiger partial charge is 0.449 e. The lowest BCUT2D eigenvalue weighted by Crippen LogP contribution is -2.55. The van der Waals surface area contributed by atoms with Gasteiger partial charge in [0.1, 0.15) is 11.9 Å². The average molecular weight is 518 g/mol. The van der Waals surface area contributed by atoms with Gasteiger partial charge in [0, 0.05) is 37.9 Å². The van der Waals surface area contributed by atoms with Crippen LogP contribution in [0.1, 0.15) is 65.3 Å². The molecule has 5 aliphatic heterocycles. The summed E-state index contributed by atoms with van der Waals surface area (Å²) in [6.45, 7) is 5.88. The smallest absolute Gasteiger partial charge is 0.414 e. The normalized spacial score (nSPS) is 30.5. The van der Waals surface area contributed by atoms with Crippen LogP contribution in [0.3, 0.4) is 0 Å². The van der Waals surface area contributed by atoms with Crippen molar-refractivity contribution in [2.24, 2.45) is 0 Å². The van der Waals surface area contributed by atoms with Crippen LogP contribution in [0.4, 0.5) is 19.7 Å². The molecule has 1 aromatic rings. The molecule has 0 radical (unpaired) electrons. The molecule has 0 aliphatic carbocycles. The van der Waals surface area contributed by atoms with E-state index in [0.29, 0.717) is 38.8 Å². The highest BCUT2D eigenvalue weighted by Gasteiger charge is 2.50. The Morgan fingerprint density at radius 2 is 1.86 bits per heavy atom. The Labute approximate surface area is 219 Å². The molecule has 2 unspecified atom stereocenters. The van der Waals surface area contributed by atoms with E-state index in [2.05, 4.69) is 4.90 Å². The van der Waals surface area contributed by atoms with Crippen LogP contribution in [0.2, 0.25) is 0 Å². The summed E-state index contributed by atoms with van der Waals surface area (Å²) in [5.41, 5.74) is 1.44. The first-order valence-electron chi connectivity index (χ1n) is 14.0. The van der Waals surface area contributed by atoms with Crippen molar-refractivity contribution in [2.45, 2.75) is 87.9 Å². The van der Waals surface area contributed by atoms with E-state index in [1.54, 1.807) is 17.0 Å². The third-order valence-electron chi connectivity index (χ3n) is 9.28. The molecule has 1 spiro atoms. The van der Waals surface area contributed by atoms with Crippen LogP contribution in [0.5, 0.6) is 0 Å². The third kappa shape index (κ3) is 4.58. The Hall–Kier alpha value is -2.39. The first-order valence-corrected chi connectivity index (χ1v) is 14.0. The third-order valence-corrected chi connectivity index (χ3v) is 9.28. The highest BCUT2D eigenvalue weighted by Crippen LogP contribution is 2.49. The Morgan fingerprint density at radius 1 is 1.11 bits per heavy atom. The number of halogens is 1. The maximum Gasteiger partial charge on any atom is 0.414 e. The van der Waals surface area contributed by atoms with Crippen LogP contribution >= 0.6 is 0 Å². The quantitative estimate of drug-likeness (QED) is 0.577. The minimum Gasteiger partial charge on any atom is -0.449 e. The van der Waals surface area contributed by atoms with E-state index in [1.807, 2.05) is 11.8 Å². The fraction of sp³-hybridized carbons (Fsp3) is 0.714. The first-order chi connectivity index (χ1) is 18.0. The van der Waals surface area contributed by atoms with Crippen LogP contribution < -0.4 is 4.90 Å². The number of anilines is 1. The summed E-state index contributed by atoms with van der Waals surface area (Å²) in [7, 11) is 0. The SMILES string of the molecule is CCCOC(=O)N1C2CCC1CC(N1CCC3(CC1)CN(C(=O)O[C@@H]1CCOC1)c1ccc(F)cc13)C2.[HH]. The van der Waals surface area contributed by atoms with E-state index >= 15 is 0 Å². The van der Waals surface area contributed by atoms with Crippen molar-refractivity contribution in [3.8, 4) is 0 Å². The fourth-order valence-electron chi connectivity index (χ4n) is 7.37. The monoisotopic (exact) mass is 517 g/mol. The summed E-state index contributed by atoms with van der Waals surface area (Å²) < 4.78 is 30.9. The van der Waals surface area contributed by atoms with Crippen molar-refractivity contribution < 1.29 is 29.6 Å². The molecule has 204 valence electrons. The molecule has 1 aromatic carbocycles. The van der Waals surface area contributed by atoms with Gasteiger partial charge in [-0.1, -0.05) is 6.92 Å². The van der Waals surface area contributed by atoms with Crippen molar-refractivity contribution in [3.63, 3.8) is 0 Å². The molecule has 8 nitrogen and oxygen atoms in total. The number of amides is 2. The second kappa shape index (κ2) is 10.1. The number of rotatable bonds is 4. The second-order valence-corrected chi connectivity index (χ2v) is 11.5. The summed E-state index contributed by atoms with van der Waals surface area (Å²) in [6, 6.07) is 5.74. The number of nitrogens with zero attached hydrogens (tertiary/aromatic N) is 3. The lowest BCUT2D eigenvalue weighted by Gasteiger charge is -2.47. The van der Waals surface area contributed by atoms with Crippen LogP contribution in [-0.2, 0) is 19.6 Å². The molecule has 0 saturated carbocycles. The van der Waals surface area contributed by atoms with Crippen molar-refractivity contribution in [2.75, 3.05) is 44.4 Å². The summed E-state index contributed by atoms with van der Waals surface area (Å²) in [5.74, 6) is -0.265. The van der Waals surface area contributed by atoms with Crippen LogP contribution in [0.25, 0.3) is 0 Å². The number of carbonyl (C=O) groups excluding carboxylic acids is 2. The zero-order valence-electron chi connectivity index (χ0n) is 21.7. The lowest BCUT2D eigenvalue weighted by atomic mass is 9.73. The zero-order valence-corrected chi connectivity index (χ0v) is 21.7. The Balaban J connectivity index is 0.00000294. The summed E-state index contributed by atoms with van der Waals surface area (Å²) in [5, 5.41) is 0. The summed E-state index contributed by atoms with van der Waals surface area (Å²) in [4.78, 5) is 32.0. The molecular formula is C28H40FN3O5. The maximum atomic E-state index is 14.4. The van der Waals surface area contributed by atoms with E-state index in [0.717, 1.165) is 69.3 Å². The van der Waals surface area contributed by atoms with Gasteiger partial charge in [0.05, 0.1) is 25.5 Å². The molecular weight excluding hydrogens is 477 g/mol. The number of carbonyl (C=O) groups is 2. The number of likely N-dealkylation sites (tertiary alicyclic amines) is 1.